The molecule has 0 saturated heterocycles. The largest absolute Gasteiger partial charge is 0.483 e. The summed E-state index contributed by atoms with van der Waals surface area (Å²) in [4.78, 5) is 11.7. The van der Waals surface area contributed by atoms with Crippen molar-refractivity contribution in [3.63, 3.8) is 0 Å². The molecule has 7 heteroatoms. The van der Waals surface area contributed by atoms with Crippen molar-refractivity contribution in [2.75, 3.05) is 0 Å². The van der Waals surface area contributed by atoms with Gasteiger partial charge in [0.05, 0.1) is 23.0 Å². The smallest absolute Gasteiger partial charge is 0.456 e. The number of carbonyl (C=O) groups excluding carboxylic acids is 1. The summed E-state index contributed by atoms with van der Waals surface area (Å²) >= 11 is 0. The lowest BCUT2D eigenvalue weighted by atomic mass is 9.97. The van der Waals surface area contributed by atoms with Gasteiger partial charge in [-0.15, -0.1) is 0 Å². The Balaban J connectivity index is 2.21. The lowest BCUT2D eigenvalue weighted by Crippen LogP contribution is -2.31. The molecule has 0 aliphatic carbocycles. The Bertz CT molecular complexity index is 931. The van der Waals surface area contributed by atoms with Crippen molar-refractivity contribution in [2.45, 2.75) is 25.6 Å². The molecular weight excluding hydrogens is 333 g/mol. The number of hydrogen-bond donors (Lipinski definition) is 0. The van der Waals surface area contributed by atoms with Crippen molar-refractivity contribution in [3.05, 3.63) is 59.4 Å². The van der Waals surface area contributed by atoms with Crippen LogP contribution in [0, 0.1) is 11.3 Å². The summed E-state index contributed by atoms with van der Waals surface area (Å²) < 4.78 is 45.6. The number of carbonyl (C=O) groups is 1. The van der Waals surface area contributed by atoms with Crippen LogP contribution >= 0.6 is 0 Å². The lowest BCUT2D eigenvalue weighted by Gasteiger charge is -2.32. The van der Waals surface area contributed by atoms with Crippen molar-refractivity contribution in [1.82, 2.24) is 4.57 Å². The van der Waals surface area contributed by atoms with Gasteiger partial charge in [0.15, 0.2) is 0 Å². The molecule has 0 fully saturated rings. The lowest BCUT2D eigenvalue weighted by molar-refractivity contribution is -0.0889. The molecule has 2 aromatic rings. The van der Waals surface area contributed by atoms with Crippen LogP contribution in [0.5, 0.6) is 5.75 Å². The third-order valence-electron chi connectivity index (χ3n) is 3.74. The van der Waals surface area contributed by atoms with Crippen LogP contribution in [0.4, 0.5) is 13.2 Å². The predicted octanol–water partition coefficient (Wildman–Crippen LogP) is 4.16. The Morgan fingerprint density at radius 1 is 1.28 bits per heavy atom. The van der Waals surface area contributed by atoms with Crippen molar-refractivity contribution < 1.29 is 22.7 Å². The van der Waals surface area contributed by atoms with E-state index in [1.165, 1.54) is 22.9 Å². The first-order valence-electron chi connectivity index (χ1n) is 7.38. The molecule has 25 heavy (non-hydrogen) atoms. The van der Waals surface area contributed by atoms with Gasteiger partial charge in [0.25, 0.3) is 5.78 Å². The molecule has 0 radical (unpaired) electrons. The summed E-state index contributed by atoms with van der Waals surface area (Å²) in [6.45, 7) is 3.51. The maximum absolute atomic E-state index is 12.9. The average Bonchev–Trinajstić information content (AvgIpc) is 3.00. The van der Waals surface area contributed by atoms with Crippen LogP contribution in [0.15, 0.2) is 42.6 Å². The number of ketones is 1. The second kappa shape index (κ2) is 5.52. The standard InChI is InChI=1S/C18H13F3N2O2/c1-17(2)9-14(12-8-11(10-22)5-6-15(12)25-17)23-7-3-4-13(23)16(24)18(19,20)21/h3-9H,1-2H3. The third kappa shape index (κ3) is 3.03. The molecule has 1 aliphatic heterocycles. The van der Waals surface area contributed by atoms with Crippen LogP contribution in [0.3, 0.4) is 0 Å². The summed E-state index contributed by atoms with van der Waals surface area (Å²) in [6.07, 6.45) is -1.96. The molecule has 1 aromatic heterocycles. The fourth-order valence-electron chi connectivity index (χ4n) is 2.73. The Hall–Kier alpha value is -3.01. The van der Waals surface area contributed by atoms with Crippen LogP contribution < -0.4 is 4.74 Å². The molecule has 128 valence electrons. The molecule has 3 rings (SSSR count). The highest BCUT2D eigenvalue weighted by atomic mass is 19.4. The fourth-order valence-corrected chi connectivity index (χ4v) is 2.73. The van der Waals surface area contributed by atoms with E-state index >= 15 is 0 Å². The molecule has 4 nitrogen and oxygen atoms in total. The van der Waals surface area contributed by atoms with Gasteiger partial charge in [0, 0.05) is 11.8 Å². The van der Waals surface area contributed by atoms with Gasteiger partial charge in [-0.1, -0.05) is 0 Å². The number of halogens is 3. The van der Waals surface area contributed by atoms with E-state index in [9.17, 15) is 18.0 Å². The van der Waals surface area contributed by atoms with Crippen molar-refractivity contribution in [2.24, 2.45) is 0 Å². The summed E-state index contributed by atoms with van der Waals surface area (Å²) in [5.41, 5.74) is -0.139. The van der Waals surface area contributed by atoms with Crippen molar-refractivity contribution in [1.29, 1.82) is 5.26 Å². The molecule has 0 atom stereocenters. The monoisotopic (exact) mass is 346 g/mol. The van der Waals surface area contributed by atoms with Crippen LogP contribution in [0.1, 0.15) is 35.5 Å². The van der Waals surface area contributed by atoms with Gasteiger partial charge in [0.1, 0.15) is 11.4 Å². The zero-order chi connectivity index (χ0) is 18.4. The number of ether oxygens (including phenoxy) is 1. The maximum atomic E-state index is 12.9. The highest BCUT2D eigenvalue weighted by Gasteiger charge is 2.41. The number of benzene rings is 1. The maximum Gasteiger partial charge on any atom is 0.456 e. The number of aromatic nitrogens is 1. The van der Waals surface area contributed by atoms with Gasteiger partial charge in [-0.05, 0) is 50.3 Å². The van der Waals surface area contributed by atoms with E-state index in [4.69, 9.17) is 10.00 Å². The van der Waals surface area contributed by atoms with Gasteiger partial charge in [0.2, 0.25) is 0 Å². The number of nitrogens with zero attached hydrogens (tertiary/aromatic N) is 2. The normalized spacial score (nSPS) is 15.6. The third-order valence-corrected chi connectivity index (χ3v) is 3.74. The van der Waals surface area contributed by atoms with Crippen LogP contribution in [-0.2, 0) is 0 Å². The van der Waals surface area contributed by atoms with Crippen LogP contribution in [0.25, 0.3) is 5.70 Å². The molecule has 0 amide bonds. The molecule has 0 N–H and O–H groups in total. The summed E-state index contributed by atoms with van der Waals surface area (Å²) in [5, 5.41) is 9.09. The quantitative estimate of drug-likeness (QED) is 0.767. The molecular formula is C18H13F3N2O2. The van der Waals surface area contributed by atoms with E-state index < -0.39 is 23.3 Å². The number of Topliss-reactive ketones (excluding diaryl/α,β-unsaturated/α-hetero) is 1. The Morgan fingerprint density at radius 3 is 2.64 bits per heavy atom. The van der Waals surface area contributed by atoms with Gasteiger partial charge < -0.3 is 9.30 Å². The average molecular weight is 346 g/mol. The van der Waals surface area contributed by atoms with E-state index in [-0.39, 0.29) is 0 Å². The summed E-state index contributed by atoms with van der Waals surface area (Å²) in [7, 11) is 0. The second-order valence-electron chi connectivity index (χ2n) is 6.15. The molecule has 0 saturated carbocycles. The number of alkyl halides is 3. The van der Waals surface area contributed by atoms with E-state index in [1.54, 1.807) is 32.1 Å². The number of hydrogen-bond acceptors (Lipinski definition) is 3. The van der Waals surface area contributed by atoms with E-state index in [1.807, 2.05) is 6.07 Å². The molecule has 0 bridgehead atoms. The van der Waals surface area contributed by atoms with E-state index in [0.29, 0.717) is 22.6 Å². The number of rotatable bonds is 2. The zero-order valence-electron chi connectivity index (χ0n) is 13.4. The first-order chi connectivity index (χ1) is 11.6. The van der Waals surface area contributed by atoms with E-state index in [0.717, 1.165) is 6.07 Å². The Morgan fingerprint density at radius 2 is 2.00 bits per heavy atom. The molecule has 0 unspecified atom stereocenters. The Kier molecular flexibility index (Phi) is 3.72. The molecule has 1 aliphatic rings. The SMILES string of the molecule is CC1(C)C=C(n2cccc2C(=O)C(F)(F)F)c2cc(C#N)ccc2O1. The van der Waals surface area contributed by atoms with Gasteiger partial charge in [-0.25, -0.2) is 0 Å². The Labute approximate surface area is 141 Å². The predicted molar refractivity (Wildman–Crippen MR) is 84.1 cm³/mol. The minimum atomic E-state index is -4.98. The molecule has 0 spiro atoms. The molecule has 2 heterocycles. The summed E-state index contributed by atoms with van der Waals surface area (Å²) in [6, 6.07) is 9.16. The minimum Gasteiger partial charge on any atom is -0.483 e. The van der Waals surface area contributed by atoms with Gasteiger partial charge in [-0.3, -0.25) is 4.79 Å². The second-order valence-corrected chi connectivity index (χ2v) is 6.15. The first-order valence-corrected chi connectivity index (χ1v) is 7.38. The van der Waals surface area contributed by atoms with Gasteiger partial charge in [-0.2, -0.15) is 18.4 Å². The van der Waals surface area contributed by atoms with Crippen molar-refractivity contribution >= 4 is 11.5 Å². The number of fused-ring (bicyclic) bond motifs is 1. The topological polar surface area (TPSA) is 55.0 Å². The van der Waals surface area contributed by atoms with Crippen LogP contribution in [0.2, 0.25) is 0 Å². The van der Waals surface area contributed by atoms with E-state index in [2.05, 4.69) is 0 Å². The van der Waals surface area contributed by atoms with Crippen molar-refractivity contribution in [3.8, 4) is 11.8 Å². The minimum absolute atomic E-state index is 0.337. The highest BCUT2D eigenvalue weighted by Crippen LogP contribution is 2.38. The number of nitriles is 1. The first kappa shape index (κ1) is 16.8. The fraction of sp³-hybridized carbons (Fsp3) is 0.222. The highest BCUT2D eigenvalue weighted by molar-refractivity contribution is 6.00. The van der Waals surface area contributed by atoms with Crippen LogP contribution in [-0.4, -0.2) is 22.1 Å². The molecule has 1 aromatic carbocycles. The van der Waals surface area contributed by atoms with Gasteiger partial charge >= 0.3 is 6.18 Å². The zero-order valence-corrected chi connectivity index (χ0v) is 13.4. The summed E-state index contributed by atoms with van der Waals surface area (Å²) in [5.74, 6) is -1.50.